The Bertz CT molecular complexity index is 1050. The van der Waals surface area contributed by atoms with Crippen molar-refractivity contribution in [3.05, 3.63) is 102 Å². The molecule has 3 aromatic rings. The molecule has 0 aromatic heterocycles. The summed E-state index contributed by atoms with van der Waals surface area (Å²) >= 11 is 0. The Kier molecular flexibility index (Phi) is 8.73. The van der Waals surface area contributed by atoms with Gasteiger partial charge in [-0.2, -0.15) is 5.10 Å². The predicted octanol–water partition coefficient (Wildman–Crippen LogP) is 3.78. The molecule has 0 aliphatic carbocycles. The molecule has 0 bridgehead atoms. The number of amides is 2. The number of methoxy groups -OCH3 is 1. The van der Waals surface area contributed by atoms with E-state index in [0.717, 1.165) is 16.7 Å². The van der Waals surface area contributed by atoms with Gasteiger partial charge in [0.2, 0.25) is 0 Å². The molecule has 2 amide bonds. The third-order valence-electron chi connectivity index (χ3n) is 4.89. The van der Waals surface area contributed by atoms with Crippen LogP contribution in [0.25, 0.3) is 0 Å². The summed E-state index contributed by atoms with van der Waals surface area (Å²) < 4.78 is 10.8. The van der Waals surface area contributed by atoms with Gasteiger partial charge in [-0.15, -0.1) is 0 Å². The van der Waals surface area contributed by atoms with Crippen LogP contribution in [0.5, 0.6) is 5.75 Å². The molecule has 3 aromatic carbocycles. The van der Waals surface area contributed by atoms with Gasteiger partial charge in [0.05, 0.1) is 12.3 Å². The second-order valence-electron chi connectivity index (χ2n) is 7.32. The van der Waals surface area contributed by atoms with Gasteiger partial charge >= 0.3 is 0 Å². The fourth-order valence-corrected chi connectivity index (χ4v) is 3.16. The van der Waals surface area contributed by atoms with Gasteiger partial charge in [-0.25, -0.2) is 5.43 Å². The lowest BCUT2D eigenvalue weighted by atomic mass is 10.1. The van der Waals surface area contributed by atoms with Gasteiger partial charge < -0.3 is 14.8 Å². The largest absolute Gasteiger partial charge is 0.484 e. The molecule has 2 N–H and O–H groups in total. The summed E-state index contributed by atoms with van der Waals surface area (Å²) in [6.45, 7) is 1.84. The second-order valence-corrected chi connectivity index (χ2v) is 7.32. The summed E-state index contributed by atoms with van der Waals surface area (Å²) in [5, 5.41) is 6.90. The smallest absolute Gasteiger partial charge is 0.273 e. The Morgan fingerprint density at radius 2 is 1.52 bits per heavy atom. The van der Waals surface area contributed by atoms with E-state index < -0.39 is 6.10 Å². The molecule has 2 atom stereocenters. The molecule has 7 heteroatoms. The Labute approximate surface area is 193 Å². The van der Waals surface area contributed by atoms with E-state index in [9.17, 15) is 9.59 Å². The van der Waals surface area contributed by atoms with Crippen LogP contribution in [0.15, 0.2) is 90.0 Å². The highest BCUT2D eigenvalue weighted by atomic mass is 16.5. The van der Waals surface area contributed by atoms with E-state index in [1.165, 1.54) is 13.3 Å². The average molecular weight is 446 g/mol. The summed E-state index contributed by atoms with van der Waals surface area (Å²) in [6.07, 6.45) is 0.781. The first kappa shape index (κ1) is 23.7. The number of nitrogens with one attached hydrogen (secondary N) is 2. The van der Waals surface area contributed by atoms with Crippen LogP contribution >= 0.6 is 0 Å². The van der Waals surface area contributed by atoms with Crippen LogP contribution in [0, 0.1) is 0 Å². The summed E-state index contributed by atoms with van der Waals surface area (Å²) in [5.41, 5.74) is 5.03. The van der Waals surface area contributed by atoms with E-state index in [-0.39, 0.29) is 24.5 Å². The van der Waals surface area contributed by atoms with Gasteiger partial charge in [0, 0.05) is 7.11 Å². The van der Waals surface area contributed by atoms with E-state index in [1.54, 1.807) is 24.3 Å². The number of hydrogen-bond acceptors (Lipinski definition) is 5. The predicted molar refractivity (Wildman–Crippen MR) is 127 cm³/mol. The van der Waals surface area contributed by atoms with Gasteiger partial charge in [-0.3, -0.25) is 9.59 Å². The zero-order valence-corrected chi connectivity index (χ0v) is 18.6. The molecule has 7 nitrogen and oxygen atoms in total. The monoisotopic (exact) mass is 445 g/mol. The molecule has 33 heavy (non-hydrogen) atoms. The molecule has 0 aliphatic heterocycles. The Balaban J connectivity index is 1.45. The molecule has 0 radical (unpaired) electrons. The average Bonchev–Trinajstić information content (AvgIpc) is 2.85. The minimum absolute atomic E-state index is 0.0848. The second kappa shape index (κ2) is 12.2. The number of ether oxygens (including phenoxy) is 2. The van der Waals surface area contributed by atoms with Crippen molar-refractivity contribution in [2.24, 2.45) is 5.10 Å². The molecule has 0 spiro atoms. The molecule has 0 saturated heterocycles. The number of rotatable bonds is 10. The van der Waals surface area contributed by atoms with Crippen LogP contribution in [0.4, 0.5) is 0 Å². The number of carbonyl (C=O) groups excluding carboxylic acids is 2. The molecule has 170 valence electrons. The van der Waals surface area contributed by atoms with Crippen LogP contribution in [-0.4, -0.2) is 31.7 Å². The van der Waals surface area contributed by atoms with Gasteiger partial charge in [0.1, 0.15) is 5.75 Å². The lowest BCUT2D eigenvalue weighted by molar-refractivity contribution is -0.131. The highest BCUT2D eigenvalue weighted by molar-refractivity contribution is 5.85. The molecule has 0 heterocycles. The Morgan fingerprint density at radius 1 is 0.909 bits per heavy atom. The number of hydrogen-bond donors (Lipinski definition) is 2. The van der Waals surface area contributed by atoms with Crippen molar-refractivity contribution in [1.29, 1.82) is 0 Å². The standard InChI is InChI=1S/C26H27N3O4/c1-19(21-9-5-3-6-10-21)28-24(30)18-33-23-15-13-20(14-16-23)17-27-29-26(31)25(32-2)22-11-7-4-8-12-22/h3-17,19,25H,18H2,1-2H3,(H,28,30)(H,29,31)/b27-17-/t19-,25+/m1/s1. The fourth-order valence-electron chi connectivity index (χ4n) is 3.16. The third kappa shape index (κ3) is 7.29. The van der Waals surface area contributed by atoms with E-state index in [1.807, 2.05) is 67.6 Å². The molecule has 0 aliphatic rings. The summed E-state index contributed by atoms with van der Waals surface area (Å²) in [5.74, 6) is -0.0105. The maximum atomic E-state index is 12.3. The number of carbonyl (C=O) groups is 2. The van der Waals surface area contributed by atoms with Crippen molar-refractivity contribution in [3.63, 3.8) is 0 Å². The van der Waals surface area contributed by atoms with E-state index in [0.29, 0.717) is 5.75 Å². The number of benzene rings is 3. The summed E-state index contributed by atoms with van der Waals surface area (Å²) in [7, 11) is 1.47. The van der Waals surface area contributed by atoms with Crippen molar-refractivity contribution in [2.75, 3.05) is 13.7 Å². The van der Waals surface area contributed by atoms with Crippen molar-refractivity contribution in [2.45, 2.75) is 19.1 Å². The van der Waals surface area contributed by atoms with Crippen molar-refractivity contribution >= 4 is 18.0 Å². The molecule has 0 saturated carbocycles. The number of hydrazone groups is 1. The SMILES string of the molecule is CO[C@H](C(=O)N/N=C\c1ccc(OCC(=O)N[C@H](C)c2ccccc2)cc1)c1ccccc1. The summed E-state index contributed by atoms with van der Waals surface area (Å²) in [4.78, 5) is 24.5. The summed E-state index contributed by atoms with van der Waals surface area (Å²) in [6, 6.07) is 25.9. The zero-order chi connectivity index (χ0) is 23.5. The molecular weight excluding hydrogens is 418 g/mol. The molecule has 3 rings (SSSR count). The van der Waals surface area contributed by atoms with Crippen molar-refractivity contribution < 1.29 is 19.1 Å². The lowest BCUT2D eigenvalue weighted by Crippen LogP contribution is -2.31. The highest BCUT2D eigenvalue weighted by Gasteiger charge is 2.19. The maximum Gasteiger partial charge on any atom is 0.273 e. The topological polar surface area (TPSA) is 89.0 Å². The van der Waals surface area contributed by atoms with Gasteiger partial charge in [0.25, 0.3) is 11.8 Å². The first-order valence-corrected chi connectivity index (χ1v) is 10.5. The molecular formula is C26H27N3O4. The van der Waals surface area contributed by atoms with Crippen LogP contribution in [0.1, 0.15) is 35.8 Å². The minimum atomic E-state index is -0.741. The van der Waals surface area contributed by atoms with Crippen LogP contribution in [-0.2, 0) is 14.3 Å². The van der Waals surface area contributed by atoms with E-state index in [2.05, 4.69) is 15.8 Å². The Morgan fingerprint density at radius 3 is 2.12 bits per heavy atom. The minimum Gasteiger partial charge on any atom is -0.484 e. The first-order chi connectivity index (χ1) is 16.1. The lowest BCUT2D eigenvalue weighted by Gasteiger charge is -2.14. The first-order valence-electron chi connectivity index (χ1n) is 10.5. The van der Waals surface area contributed by atoms with Crippen LogP contribution in [0.2, 0.25) is 0 Å². The van der Waals surface area contributed by atoms with E-state index in [4.69, 9.17) is 9.47 Å². The van der Waals surface area contributed by atoms with Crippen molar-refractivity contribution in [3.8, 4) is 5.75 Å². The quantitative estimate of drug-likeness (QED) is 0.367. The zero-order valence-electron chi connectivity index (χ0n) is 18.6. The van der Waals surface area contributed by atoms with Crippen molar-refractivity contribution in [1.82, 2.24) is 10.7 Å². The van der Waals surface area contributed by atoms with E-state index >= 15 is 0 Å². The van der Waals surface area contributed by atoms with Crippen LogP contribution < -0.4 is 15.5 Å². The fraction of sp³-hybridized carbons (Fsp3) is 0.192. The molecule has 0 unspecified atom stereocenters. The Hall–Kier alpha value is -3.97. The van der Waals surface area contributed by atoms with Gasteiger partial charge in [0.15, 0.2) is 12.7 Å². The van der Waals surface area contributed by atoms with Crippen LogP contribution in [0.3, 0.4) is 0 Å². The van der Waals surface area contributed by atoms with Gasteiger partial charge in [-0.05, 0) is 47.9 Å². The maximum absolute atomic E-state index is 12.3. The van der Waals surface area contributed by atoms with Gasteiger partial charge in [-0.1, -0.05) is 60.7 Å². The number of nitrogens with zero attached hydrogens (tertiary/aromatic N) is 1. The highest BCUT2D eigenvalue weighted by Crippen LogP contribution is 2.16. The normalized spacial score (nSPS) is 12.7. The molecule has 0 fully saturated rings. The third-order valence-corrected chi connectivity index (χ3v) is 4.89.